The van der Waals surface area contributed by atoms with Crippen LogP contribution in [0.5, 0.6) is 0 Å². The minimum atomic E-state index is 0.0685. The molecule has 0 bridgehead atoms. The Balaban J connectivity index is 1.92. The van der Waals surface area contributed by atoms with Crippen LogP contribution in [0.3, 0.4) is 0 Å². The van der Waals surface area contributed by atoms with Gasteiger partial charge in [0, 0.05) is 5.57 Å². The molecular weight excluding hydrogens is 222 g/mol. The molecule has 1 atom stereocenters. The van der Waals surface area contributed by atoms with Crippen molar-refractivity contribution in [2.75, 3.05) is 0 Å². The van der Waals surface area contributed by atoms with Gasteiger partial charge in [-0.2, -0.15) is 0 Å². The molecule has 88 valence electrons. The topological polar surface area (TPSA) is 29.1 Å². The van der Waals surface area contributed by atoms with Crippen molar-refractivity contribution in [3.05, 3.63) is 64.3 Å². The van der Waals surface area contributed by atoms with Crippen LogP contribution in [-0.4, -0.2) is 5.91 Å². The van der Waals surface area contributed by atoms with E-state index >= 15 is 0 Å². The molecule has 0 saturated carbocycles. The van der Waals surface area contributed by atoms with Crippen LogP contribution in [0.1, 0.15) is 30.0 Å². The Morgan fingerprint density at radius 3 is 3.06 bits per heavy atom. The van der Waals surface area contributed by atoms with Crippen molar-refractivity contribution in [3.8, 4) is 0 Å². The van der Waals surface area contributed by atoms with E-state index in [1.165, 1.54) is 22.3 Å². The lowest BCUT2D eigenvalue weighted by molar-refractivity contribution is -0.118. The maximum atomic E-state index is 12.1. The molecule has 2 aliphatic carbocycles. The molecule has 0 spiro atoms. The van der Waals surface area contributed by atoms with Crippen molar-refractivity contribution in [1.82, 2.24) is 5.32 Å². The average Bonchev–Trinajstić information content (AvgIpc) is 2.78. The highest BCUT2D eigenvalue weighted by Crippen LogP contribution is 2.44. The van der Waals surface area contributed by atoms with E-state index in [0.717, 1.165) is 18.4 Å². The molecule has 0 radical (unpaired) electrons. The first-order valence-electron chi connectivity index (χ1n) is 6.36. The molecule has 0 fully saturated rings. The van der Waals surface area contributed by atoms with E-state index in [4.69, 9.17) is 0 Å². The lowest BCUT2D eigenvalue weighted by atomic mass is 9.84. The summed E-state index contributed by atoms with van der Waals surface area (Å²) in [6, 6.07) is 8.37. The first-order chi connectivity index (χ1) is 8.84. The maximum Gasteiger partial charge on any atom is 0.252 e. The third kappa shape index (κ3) is 1.20. The molecule has 3 aliphatic rings. The number of benzene rings is 1. The highest BCUT2D eigenvalue weighted by Gasteiger charge is 2.35. The van der Waals surface area contributed by atoms with E-state index in [9.17, 15) is 4.79 Å². The van der Waals surface area contributed by atoms with Gasteiger partial charge in [0.2, 0.25) is 0 Å². The van der Waals surface area contributed by atoms with Gasteiger partial charge in [0.05, 0.1) is 6.04 Å². The van der Waals surface area contributed by atoms with Crippen molar-refractivity contribution in [1.29, 1.82) is 0 Å². The second-order valence-corrected chi connectivity index (χ2v) is 4.97. The van der Waals surface area contributed by atoms with Gasteiger partial charge in [-0.3, -0.25) is 4.79 Å². The van der Waals surface area contributed by atoms with Gasteiger partial charge >= 0.3 is 0 Å². The zero-order chi connectivity index (χ0) is 12.1. The number of hydrogen-bond donors (Lipinski definition) is 1. The second kappa shape index (κ2) is 3.45. The summed E-state index contributed by atoms with van der Waals surface area (Å²) in [4.78, 5) is 12.1. The maximum absolute atomic E-state index is 12.1. The van der Waals surface area contributed by atoms with Crippen LogP contribution in [0.15, 0.2) is 53.1 Å². The Bertz CT molecular complexity index is 649. The standard InChI is InChI=1S/C16H13NO/c18-16-13-8-4-3-7-12(13)14-9-10-5-1-2-6-11(10)15(14)17-16/h1-2,4-6,8-9,15H,3,7H2,(H,17,18). The van der Waals surface area contributed by atoms with Gasteiger partial charge in [0.25, 0.3) is 5.91 Å². The van der Waals surface area contributed by atoms with E-state index in [0.29, 0.717) is 0 Å². The monoisotopic (exact) mass is 235 g/mol. The van der Waals surface area contributed by atoms with Gasteiger partial charge in [-0.1, -0.05) is 36.4 Å². The lowest BCUT2D eigenvalue weighted by Crippen LogP contribution is -2.35. The number of nitrogens with one attached hydrogen (secondary N) is 1. The largest absolute Gasteiger partial charge is 0.341 e. The molecule has 0 saturated heterocycles. The molecule has 1 aromatic carbocycles. The van der Waals surface area contributed by atoms with Crippen LogP contribution in [0.4, 0.5) is 0 Å². The van der Waals surface area contributed by atoms with E-state index in [1.54, 1.807) is 0 Å². The second-order valence-electron chi connectivity index (χ2n) is 4.97. The number of fused-ring (bicyclic) bond motifs is 4. The molecule has 4 rings (SSSR count). The summed E-state index contributed by atoms with van der Waals surface area (Å²) >= 11 is 0. The fraction of sp³-hybridized carbons (Fsp3) is 0.188. The minimum Gasteiger partial charge on any atom is -0.341 e. The number of amides is 1. The predicted octanol–water partition coefficient (Wildman–Crippen LogP) is 2.90. The van der Waals surface area contributed by atoms with Crippen LogP contribution in [-0.2, 0) is 4.79 Å². The molecule has 1 amide bonds. The third-order valence-electron chi connectivity index (χ3n) is 3.97. The Kier molecular flexibility index (Phi) is 1.90. The number of carbonyl (C=O) groups excluding carboxylic acids is 1. The van der Waals surface area contributed by atoms with Gasteiger partial charge in [-0.25, -0.2) is 0 Å². The Labute approximate surface area is 106 Å². The molecule has 0 aromatic heterocycles. The first kappa shape index (κ1) is 9.89. The highest BCUT2D eigenvalue weighted by atomic mass is 16.1. The first-order valence-corrected chi connectivity index (χ1v) is 6.36. The zero-order valence-electron chi connectivity index (χ0n) is 9.94. The van der Waals surface area contributed by atoms with E-state index < -0.39 is 0 Å². The Hall–Kier alpha value is -2.09. The molecule has 1 unspecified atom stereocenters. The fourth-order valence-corrected chi connectivity index (χ4v) is 3.13. The predicted molar refractivity (Wildman–Crippen MR) is 70.7 cm³/mol. The molecule has 1 N–H and O–H groups in total. The number of carbonyl (C=O) groups is 1. The SMILES string of the molecule is O=C1NC2C(=Cc3ccccc32)C2=C1C=CCC2. The lowest BCUT2D eigenvalue weighted by Gasteiger charge is -2.29. The molecule has 2 nitrogen and oxygen atoms in total. The number of allylic oxidation sites excluding steroid dienone is 1. The van der Waals surface area contributed by atoms with Crippen molar-refractivity contribution < 1.29 is 4.79 Å². The van der Waals surface area contributed by atoms with E-state index in [-0.39, 0.29) is 11.9 Å². The quantitative estimate of drug-likeness (QED) is 0.736. The Morgan fingerprint density at radius 1 is 1.22 bits per heavy atom. The van der Waals surface area contributed by atoms with Gasteiger partial charge < -0.3 is 5.32 Å². The van der Waals surface area contributed by atoms with Crippen LogP contribution >= 0.6 is 0 Å². The molecule has 1 aliphatic heterocycles. The normalized spacial score (nSPS) is 24.1. The minimum absolute atomic E-state index is 0.0685. The van der Waals surface area contributed by atoms with E-state index in [2.05, 4.69) is 29.6 Å². The van der Waals surface area contributed by atoms with Gasteiger partial charge in [0.1, 0.15) is 0 Å². The average molecular weight is 235 g/mol. The highest BCUT2D eigenvalue weighted by molar-refractivity contribution is 6.01. The molecule has 1 aromatic rings. The van der Waals surface area contributed by atoms with Crippen molar-refractivity contribution in [2.24, 2.45) is 0 Å². The molecule has 18 heavy (non-hydrogen) atoms. The smallest absolute Gasteiger partial charge is 0.252 e. The summed E-state index contributed by atoms with van der Waals surface area (Å²) < 4.78 is 0. The van der Waals surface area contributed by atoms with E-state index in [1.807, 2.05) is 18.2 Å². The molecule has 1 heterocycles. The summed E-state index contributed by atoms with van der Waals surface area (Å²) in [5.41, 5.74) is 5.84. The summed E-state index contributed by atoms with van der Waals surface area (Å²) in [7, 11) is 0. The van der Waals surface area contributed by atoms with Gasteiger partial charge in [-0.15, -0.1) is 0 Å². The van der Waals surface area contributed by atoms with Crippen molar-refractivity contribution in [2.45, 2.75) is 18.9 Å². The van der Waals surface area contributed by atoms with Crippen LogP contribution in [0.2, 0.25) is 0 Å². The van der Waals surface area contributed by atoms with Crippen molar-refractivity contribution >= 4 is 12.0 Å². The number of hydrogen-bond acceptors (Lipinski definition) is 1. The summed E-state index contributed by atoms with van der Waals surface area (Å²) in [5.74, 6) is 0.0693. The fourth-order valence-electron chi connectivity index (χ4n) is 3.13. The van der Waals surface area contributed by atoms with Crippen LogP contribution < -0.4 is 5.32 Å². The van der Waals surface area contributed by atoms with Gasteiger partial charge in [0.15, 0.2) is 0 Å². The van der Waals surface area contributed by atoms with Crippen LogP contribution in [0, 0.1) is 0 Å². The summed E-state index contributed by atoms with van der Waals surface area (Å²) in [6.45, 7) is 0. The third-order valence-corrected chi connectivity index (χ3v) is 3.97. The number of rotatable bonds is 0. The summed E-state index contributed by atoms with van der Waals surface area (Å²) in [6.07, 6.45) is 8.30. The van der Waals surface area contributed by atoms with Gasteiger partial charge in [-0.05, 0) is 41.2 Å². The summed E-state index contributed by atoms with van der Waals surface area (Å²) in [5, 5.41) is 3.12. The Morgan fingerprint density at radius 2 is 2.11 bits per heavy atom. The molecular formula is C16H13NO. The zero-order valence-corrected chi connectivity index (χ0v) is 9.94. The van der Waals surface area contributed by atoms with Crippen molar-refractivity contribution in [3.63, 3.8) is 0 Å². The van der Waals surface area contributed by atoms with Crippen LogP contribution in [0.25, 0.3) is 6.08 Å². The molecule has 2 heteroatoms.